The summed E-state index contributed by atoms with van der Waals surface area (Å²) in [5.41, 5.74) is 0. The van der Waals surface area contributed by atoms with Crippen molar-refractivity contribution in [2.45, 2.75) is 6.92 Å². The molecule has 0 aliphatic rings. The Bertz CT molecular complexity index is 95.0. The summed E-state index contributed by atoms with van der Waals surface area (Å²) in [4.78, 5) is 10.2. The fourth-order valence-electron chi connectivity index (χ4n) is 0.241. The van der Waals surface area contributed by atoms with Crippen molar-refractivity contribution in [1.29, 1.82) is 0 Å². The summed E-state index contributed by atoms with van der Waals surface area (Å²) in [7, 11) is 3.18. The highest BCUT2D eigenvalue weighted by Crippen LogP contribution is 2.19. The summed E-state index contributed by atoms with van der Waals surface area (Å²) >= 11 is 0. The van der Waals surface area contributed by atoms with Gasteiger partial charge in [0.2, 0.25) is 0 Å². The van der Waals surface area contributed by atoms with Gasteiger partial charge in [0.1, 0.15) is 0 Å². The van der Waals surface area contributed by atoms with Crippen molar-refractivity contribution >= 4 is 27.6 Å². The van der Waals surface area contributed by atoms with Crippen LogP contribution in [0, 0.1) is 5.92 Å². The molecule has 0 radical (unpaired) electrons. The summed E-state index contributed by atoms with van der Waals surface area (Å²) < 4.78 is 0. The average Bonchev–Trinajstić information content (AvgIpc) is 1.82. The van der Waals surface area contributed by atoms with Crippen LogP contribution in [0.4, 0.5) is 0 Å². The molecule has 0 amide bonds. The molecule has 0 rings (SSSR count). The standard InChI is InChI=1S/C5H10O2S2/c1-4(5(6)7)3-9-8-2/h4H,3H2,1-2H3,(H,6,7). The lowest BCUT2D eigenvalue weighted by atomic mass is 10.2. The van der Waals surface area contributed by atoms with E-state index in [1.54, 1.807) is 28.5 Å². The van der Waals surface area contributed by atoms with E-state index in [0.717, 1.165) is 0 Å². The van der Waals surface area contributed by atoms with Crippen molar-refractivity contribution in [3.8, 4) is 0 Å². The first-order valence-corrected chi connectivity index (χ1v) is 5.29. The van der Waals surface area contributed by atoms with Crippen LogP contribution in [-0.4, -0.2) is 23.1 Å². The van der Waals surface area contributed by atoms with Crippen LogP contribution in [0.1, 0.15) is 6.92 Å². The molecular formula is C5H10O2S2. The molecule has 0 bridgehead atoms. The maximum Gasteiger partial charge on any atom is 0.307 e. The zero-order valence-corrected chi connectivity index (χ0v) is 7.09. The number of hydrogen-bond acceptors (Lipinski definition) is 3. The van der Waals surface area contributed by atoms with Gasteiger partial charge in [0.25, 0.3) is 0 Å². The van der Waals surface area contributed by atoms with Gasteiger partial charge in [0.05, 0.1) is 5.92 Å². The summed E-state index contributed by atoms with van der Waals surface area (Å²) in [6, 6.07) is 0. The van der Waals surface area contributed by atoms with E-state index >= 15 is 0 Å². The van der Waals surface area contributed by atoms with Gasteiger partial charge in [-0.25, -0.2) is 0 Å². The molecule has 0 aliphatic heterocycles. The maximum absolute atomic E-state index is 10.2. The Morgan fingerprint density at radius 3 is 2.67 bits per heavy atom. The number of aliphatic carboxylic acids is 1. The Morgan fingerprint density at radius 1 is 1.78 bits per heavy atom. The van der Waals surface area contributed by atoms with Crippen molar-refractivity contribution in [2.24, 2.45) is 5.92 Å². The van der Waals surface area contributed by atoms with E-state index in [0.29, 0.717) is 5.75 Å². The van der Waals surface area contributed by atoms with Crippen molar-refractivity contribution < 1.29 is 9.90 Å². The molecule has 0 saturated heterocycles. The minimum absolute atomic E-state index is 0.220. The molecule has 54 valence electrons. The van der Waals surface area contributed by atoms with Gasteiger partial charge in [-0.2, -0.15) is 0 Å². The number of carboxylic acids is 1. The van der Waals surface area contributed by atoms with Gasteiger partial charge in [-0.1, -0.05) is 28.5 Å². The highest BCUT2D eigenvalue weighted by atomic mass is 33.1. The first kappa shape index (κ1) is 9.17. The lowest BCUT2D eigenvalue weighted by molar-refractivity contribution is -0.140. The molecule has 1 N–H and O–H groups in total. The third-order valence-electron chi connectivity index (χ3n) is 0.857. The zero-order chi connectivity index (χ0) is 7.28. The molecule has 4 heteroatoms. The van der Waals surface area contributed by atoms with Crippen LogP contribution in [0.3, 0.4) is 0 Å². The predicted octanol–water partition coefficient (Wildman–Crippen LogP) is 1.72. The van der Waals surface area contributed by atoms with E-state index in [2.05, 4.69) is 0 Å². The van der Waals surface area contributed by atoms with E-state index in [9.17, 15) is 4.79 Å². The minimum Gasteiger partial charge on any atom is -0.481 e. The first-order chi connectivity index (χ1) is 4.18. The number of carbonyl (C=O) groups is 1. The molecule has 1 atom stereocenters. The van der Waals surface area contributed by atoms with Gasteiger partial charge in [0.15, 0.2) is 0 Å². The van der Waals surface area contributed by atoms with Crippen molar-refractivity contribution in [2.75, 3.05) is 12.0 Å². The van der Waals surface area contributed by atoms with Crippen molar-refractivity contribution in [3.05, 3.63) is 0 Å². The monoisotopic (exact) mass is 166 g/mol. The Hall–Kier alpha value is 0.170. The summed E-state index contributed by atoms with van der Waals surface area (Å²) in [6.07, 6.45) is 1.94. The summed E-state index contributed by atoms with van der Waals surface area (Å²) in [5, 5.41) is 8.39. The van der Waals surface area contributed by atoms with Crippen LogP contribution in [0.5, 0.6) is 0 Å². The Kier molecular flexibility index (Phi) is 5.09. The summed E-state index contributed by atoms with van der Waals surface area (Å²) in [5.74, 6) is -0.241. The summed E-state index contributed by atoms with van der Waals surface area (Å²) in [6.45, 7) is 1.71. The van der Waals surface area contributed by atoms with Gasteiger partial charge in [-0.05, 0) is 6.26 Å². The topological polar surface area (TPSA) is 37.3 Å². The molecule has 0 heterocycles. The molecule has 0 aromatic carbocycles. The lowest BCUT2D eigenvalue weighted by Gasteiger charge is -2.01. The minimum atomic E-state index is -0.712. The second-order valence-corrected chi connectivity index (χ2v) is 4.30. The Labute approximate surface area is 62.8 Å². The fraction of sp³-hybridized carbons (Fsp3) is 0.800. The maximum atomic E-state index is 10.2. The third kappa shape index (κ3) is 4.66. The highest BCUT2D eigenvalue weighted by Gasteiger charge is 2.09. The number of hydrogen-bond donors (Lipinski definition) is 1. The van der Waals surface area contributed by atoms with Crippen molar-refractivity contribution in [1.82, 2.24) is 0 Å². The van der Waals surface area contributed by atoms with Gasteiger partial charge < -0.3 is 5.11 Å². The quantitative estimate of drug-likeness (QED) is 0.645. The van der Waals surface area contributed by atoms with Crippen LogP contribution in [0.25, 0.3) is 0 Å². The van der Waals surface area contributed by atoms with Gasteiger partial charge in [0, 0.05) is 5.75 Å². The molecular weight excluding hydrogens is 156 g/mol. The molecule has 0 saturated carbocycles. The van der Waals surface area contributed by atoms with E-state index in [1.165, 1.54) is 0 Å². The Morgan fingerprint density at radius 2 is 2.33 bits per heavy atom. The SMILES string of the molecule is CSSCC(C)C(=O)O. The predicted molar refractivity (Wildman–Crippen MR) is 42.8 cm³/mol. The van der Waals surface area contributed by atoms with Gasteiger partial charge in [-0.15, -0.1) is 0 Å². The number of rotatable bonds is 4. The van der Waals surface area contributed by atoms with Crippen molar-refractivity contribution in [3.63, 3.8) is 0 Å². The van der Waals surface area contributed by atoms with Crippen LogP contribution in [-0.2, 0) is 4.79 Å². The van der Waals surface area contributed by atoms with Crippen LogP contribution >= 0.6 is 21.6 Å². The average molecular weight is 166 g/mol. The highest BCUT2D eigenvalue weighted by molar-refractivity contribution is 8.76. The van der Waals surface area contributed by atoms with Crippen LogP contribution < -0.4 is 0 Å². The normalized spacial score (nSPS) is 13.1. The fourth-order valence-corrected chi connectivity index (χ4v) is 1.74. The lowest BCUT2D eigenvalue weighted by Crippen LogP contribution is -2.10. The second-order valence-electron chi connectivity index (χ2n) is 1.69. The first-order valence-electron chi connectivity index (χ1n) is 2.57. The molecule has 9 heavy (non-hydrogen) atoms. The molecule has 0 aromatic rings. The molecule has 0 fully saturated rings. The molecule has 1 unspecified atom stereocenters. The molecule has 0 aromatic heterocycles. The molecule has 0 spiro atoms. The third-order valence-corrected chi connectivity index (χ3v) is 2.84. The van der Waals surface area contributed by atoms with Crippen LogP contribution in [0.15, 0.2) is 0 Å². The zero-order valence-electron chi connectivity index (χ0n) is 5.46. The smallest absolute Gasteiger partial charge is 0.307 e. The molecule has 0 aliphatic carbocycles. The molecule has 2 nitrogen and oxygen atoms in total. The van der Waals surface area contributed by atoms with E-state index < -0.39 is 5.97 Å². The van der Waals surface area contributed by atoms with Gasteiger partial charge >= 0.3 is 5.97 Å². The van der Waals surface area contributed by atoms with E-state index in [4.69, 9.17) is 5.11 Å². The number of carboxylic acid groups (broad SMARTS) is 1. The van der Waals surface area contributed by atoms with E-state index in [1.807, 2.05) is 6.26 Å². The Balaban J connectivity index is 3.27. The van der Waals surface area contributed by atoms with Gasteiger partial charge in [-0.3, -0.25) is 4.79 Å². The van der Waals surface area contributed by atoms with E-state index in [-0.39, 0.29) is 5.92 Å². The van der Waals surface area contributed by atoms with Crippen LogP contribution in [0.2, 0.25) is 0 Å². The second kappa shape index (κ2) is 4.99. The largest absolute Gasteiger partial charge is 0.481 e.